The number of ketones is 1. The van der Waals surface area contributed by atoms with E-state index in [1.165, 1.54) is 6.20 Å². The number of nitrogens with one attached hydrogen (secondary N) is 1. The average Bonchev–Trinajstić information content (AvgIpc) is 2.37. The standard InChI is InChI=1S/C12H15N3O3/c1-2-18-11(17)4-3-10-14-7-8-9(16)5-6-13-12(8)15-10/h7H,2-6H2,1H3,(H,13,14,15). The van der Waals surface area contributed by atoms with Crippen LogP contribution in [0.2, 0.25) is 0 Å². The zero-order valence-corrected chi connectivity index (χ0v) is 10.2. The summed E-state index contributed by atoms with van der Waals surface area (Å²) in [5.74, 6) is 0.910. The number of fused-ring (bicyclic) bond motifs is 1. The topological polar surface area (TPSA) is 81.2 Å². The molecule has 1 aliphatic rings. The number of esters is 1. The summed E-state index contributed by atoms with van der Waals surface area (Å²) < 4.78 is 4.83. The highest BCUT2D eigenvalue weighted by atomic mass is 16.5. The monoisotopic (exact) mass is 249 g/mol. The minimum Gasteiger partial charge on any atom is -0.466 e. The van der Waals surface area contributed by atoms with E-state index in [4.69, 9.17) is 4.74 Å². The van der Waals surface area contributed by atoms with Crippen molar-refractivity contribution in [3.63, 3.8) is 0 Å². The number of hydrogen-bond acceptors (Lipinski definition) is 6. The Morgan fingerprint density at radius 3 is 3.17 bits per heavy atom. The molecule has 0 aromatic carbocycles. The van der Waals surface area contributed by atoms with Gasteiger partial charge >= 0.3 is 5.97 Å². The van der Waals surface area contributed by atoms with Gasteiger partial charge in [-0.05, 0) is 6.92 Å². The Morgan fingerprint density at radius 2 is 2.39 bits per heavy atom. The molecule has 0 saturated carbocycles. The van der Waals surface area contributed by atoms with Crippen molar-refractivity contribution in [3.05, 3.63) is 17.6 Å². The van der Waals surface area contributed by atoms with Gasteiger partial charge in [-0.3, -0.25) is 9.59 Å². The lowest BCUT2D eigenvalue weighted by atomic mass is 10.1. The van der Waals surface area contributed by atoms with Crippen LogP contribution in [-0.4, -0.2) is 34.9 Å². The fraction of sp³-hybridized carbons (Fsp3) is 0.500. The summed E-state index contributed by atoms with van der Waals surface area (Å²) in [4.78, 5) is 31.1. The molecule has 0 aliphatic carbocycles. The lowest BCUT2D eigenvalue weighted by Crippen LogP contribution is -2.20. The molecule has 0 amide bonds. The summed E-state index contributed by atoms with van der Waals surface area (Å²) >= 11 is 0. The molecule has 2 rings (SSSR count). The van der Waals surface area contributed by atoms with Crippen LogP contribution in [0.15, 0.2) is 6.20 Å². The van der Waals surface area contributed by atoms with Crippen LogP contribution >= 0.6 is 0 Å². The van der Waals surface area contributed by atoms with Crippen LogP contribution in [0.5, 0.6) is 0 Å². The minimum atomic E-state index is -0.261. The molecule has 0 bridgehead atoms. The third-order valence-corrected chi connectivity index (χ3v) is 2.64. The smallest absolute Gasteiger partial charge is 0.306 e. The summed E-state index contributed by atoms with van der Waals surface area (Å²) in [6.45, 7) is 2.74. The Bertz CT molecular complexity index is 474. The molecule has 1 aromatic rings. The first-order valence-electron chi connectivity index (χ1n) is 5.99. The van der Waals surface area contributed by atoms with E-state index in [1.807, 2.05) is 0 Å². The predicted molar refractivity (Wildman–Crippen MR) is 64.4 cm³/mol. The van der Waals surface area contributed by atoms with Crippen LogP contribution in [0.1, 0.15) is 35.9 Å². The molecular formula is C12H15N3O3. The van der Waals surface area contributed by atoms with Gasteiger partial charge in [0.1, 0.15) is 11.6 Å². The summed E-state index contributed by atoms with van der Waals surface area (Å²) in [7, 11) is 0. The van der Waals surface area contributed by atoms with Gasteiger partial charge in [0.15, 0.2) is 5.78 Å². The molecule has 2 heterocycles. The number of carbonyl (C=O) groups is 2. The first-order chi connectivity index (χ1) is 8.70. The van der Waals surface area contributed by atoms with Gasteiger partial charge in [-0.25, -0.2) is 9.97 Å². The molecule has 18 heavy (non-hydrogen) atoms. The number of Topliss-reactive ketones (excluding diaryl/α,β-unsaturated/α-hetero) is 1. The molecule has 6 heteroatoms. The van der Waals surface area contributed by atoms with Crippen molar-refractivity contribution in [2.75, 3.05) is 18.5 Å². The van der Waals surface area contributed by atoms with E-state index in [2.05, 4.69) is 15.3 Å². The van der Waals surface area contributed by atoms with Crippen molar-refractivity contribution < 1.29 is 14.3 Å². The summed E-state index contributed by atoms with van der Waals surface area (Å²) in [5.41, 5.74) is 0.529. The number of nitrogens with zero attached hydrogens (tertiary/aromatic N) is 2. The van der Waals surface area contributed by atoms with Crippen LogP contribution in [0.3, 0.4) is 0 Å². The van der Waals surface area contributed by atoms with Crippen molar-refractivity contribution in [1.29, 1.82) is 0 Å². The molecule has 0 radical (unpaired) electrons. The quantitative estimate of drug-likeness (QED) is 0.801. The van der Waals surface area contributed by atoms with Gasteiger partial charge < -0.3 is 10.1 Å². The first kappa shape index (κ1) is 12.5. The number of carbonyl (C=O) groups excluding carboxylic acids is 2. The van der Waals surface area contributed by atoms with Crippen molar-refractivity contribution >= 4 is 17.6 Å². The Labute approximate surface area is 105 Å². The number of hydrogen-bond donors (Lipinski definition) is 1. The lowest BCUT2D eigenvalue weighted by molar-refractivity contribution is -0.143. The van der Waals surface area contributed by atoms with Crippen LogP contribution in [0, 0.1) is 0 Å². The van der Waals surface area contributed by atoms with Gasteiger partial charge in [0.2, 0.25) is 0 Å². The van der Waals surface area contributed by atoms with Gasteiger partial charge in [-0.1, -0.05) is 0 Å². The molecule has 1 aromatic heterocycles. The highest BCUT2D eigenvalue weighted by Crippen LogP contribution is 2.18. The van der Waals surface area contributed by atoms with E-state index >= 15 is 0 Å². The van der Waals surface area contributed by atoms with E-state index in [9.17, 15) is 9.59 Å². The number of anilines is 1. The maximum Gasteiger partial charge on any atom is 0.306 e. The SMILES string of the molecule is CCOC(=O)CCc1ncc2c(n1)NCCC2=O. The molecular weight excluding hydrogens is 234 g/mol. The normalized spacial score (nSPS) is 13.7. The summed E-state index contributed by atoms with van der Waals surface area (Å²) in [5, 5.41) is 3.06. The third kappa shape index (κ3) is 2.82. The molecule has 0 unspecified atom stereocenters. The molecule has 0 spiro atoms. The molecule has 6 nitrogen and oxygen atoms in total. The zero-order valence-electron chi connectivity index (χ0n) is 10.2. The Hall–Kier alpha value is -1.98. The largest absolute Gasteiger partial charge is 0.466 e. The van der Waals surface area contributed by atoms with Crippen molar-refractivity contribution in [3.8, 4) is 0 Å². The molecule has 96 valence electrons. The molecule has 0 fully saturated rings. The molecule has 1 N–H and O–H groups in total. The maximum absolute atomic E-state index is 11.6. The van der Waals surface area contributed by atoms with Crippen molar-refractivity contribution in [1.82, 2.24) is 9.97 Å². The van der Waals surface area contributed by atoms with Crippen molar-refractivity contribution in [2.24, 2.45) is 0 Å². The van der Waals surface area contributed by atoms with Gasteiger partial charge in [0, 0.05) is 25.6 Å². The van der Waals surface area contributed by atoms with Crippen LogP contribution in [0.25, 0.3) is 0 Å². The predicted octanol–water partition coefficient (Wildman–Crippen LogP) is 0.971. The van der Waals surface area contributed by atoms with E-state index < -0.39 is 0 Å². The van der Waals surface area contributed by atoms with Gasteiger partial charge in [0.05, 0.1) is 18.6 Å². The summed E-state index contributed by atoms with van der Waals surface area (Å²) in [6.07, 6.45) is 2.67. The Kier molecular flexibility index (Phi) is 3.86. The van der Waals surface area contributed by atoms with Crippen LogP contribution in [-0.2, 0) is 16.0 Å². The minimum absolute atomic E-state index is 0.0562. The first-order valence-corrected chi connectivity index (χ1v) is 5.99. The number of ether oxygens (including phenoxy) is 1. The van der Waals surface area contributed by atoms with Gasteiger partial charge in [0.25, 0.3) is 0 Å². The third-order valence-electron chi connectivity index (χ3n) is 2.64. The molecule has 1 aliphatic heterocycles. The average molecular weight is 249 g/mol. The van der Waals surface area contributed by atoms with E-state index in [0.29, 0.717) is 43.2 Å². The second kappa shape index (κ2) is 5.57. The number of rotatable bonds is 4. The molecule has 0 saturated heterocycles. The van der Waals surface area contributed by atoms with Crippen LogP contribution in [0.4, 0.5) is 5.82 Å². The maximum atomic E-state index is 11.6. The van der Waals surface area contributed by atoms with Crippen molar-refractivity contribution in [2.45, 2.75) is 26.2 Å². The zero-order chi connectivity index (χ0) is 13.0. The Morgan fingerprint density at radius 1 is 1.56 bits per heavy atom. The molecule has 0 atom stereocenters. The van der Waals surface area contributed by atoms with Crippen LogP contribution < -0.4 is 5.32 Å². The van der Waals surface area contributed by atoms with E-state index in [1.54, 1.807) is 6.92 Å². The van der Waals surface area contributed by atoms with E-state index in [0.717, 1.165) is 0 Å². The summed E-state index contributed by atoms with van der Waals surface area (Å²) in [6, 6.07) is 0. The fourth-order valence-corrected chi connectivity index (χ4v) is 1.75. The van der Waals surface area contributed by atoms with Gasteiger partial charge in [-0.2, -0.15) is 0 Å². The number of aryl methyl sites for hydroxylation is 1. The second-order valence-corrected chi connectivity index (χ2v) is 3.95. The Balaban J connectivity index is 2.03. The van der Waals surface area contributed by atoms with E-state index in [-0.39, 0.29) is 18.2 Å². The second-order valence-electron chi connectivity index (χ2n) is 3.95. The fourth-order valence-electron chi connectivity index (χ4n) is 1.75. The highest BCUT2D eigenvalue weighted by molar-refractivity contribution is 6.01. The lowest BCUT2D eigenvalue weighted by Gasteiger charge is -2.15. The van der Waals surface area contributed by atoms with Gasteiger partial charge in [-0.15, -0.1) is 0 Å². The highest BCUT2D eigenvalue weighted by Gasteiger charge is 2.19. The number of aromatic nitrogens is 2.